The molecule has 2 aliphatic heterocycles. The first-order valence-corrected chi connectivity index (χ1v) is 8.95. The van der Waals surface area contributed by atoms with Crippen LogP contribution in [-0.4, -0.2) is 13.7 Å². The first-order chi connectivity index (χ1) is 11.8. The molecule has 3 nitrogen and oxygen atoms in total. The largest absolute Gasteiger partial charge is 0.496 e. The molecule has 2 aromatic rings. The molecule has 24 heavy (non-hydrogen) atoms. The zero-order chi connectivity index (χ0) is 16.5. The zero-order valence-electron chi connectivity index (χ0n) is 14.4. The van der Waals surface area contributed by atoms with Crippen molar-refractivity contribution in [1.82, 2.24) is 0 Å². The van der Waals surface area contributed by atoms with E-state index in [-0.39, 0.29) is 12.1 Å². The van der Waals surface area contributed by atoms with E-state index in [1.165, 1.54) is 28.8 Å². The summed E-state index contributed by atoms with van der Waals surface area (Å²) in [4.78, 5) is 0. The number of methoxy groups -OCH3 is 1. The van der Waals surface area contributed by atoms with E-state index in [0.29, 0.717) is 5.92 Å². The number of anilines is 1. The minimum atomic E-state index is 0.177. The van der Waals surface area contributed by atoms with Crippen LogP contribution in [0.2, 0.25) is 0 Å². The van der Waals surface area contributed by atoms with Crippen molar-refractivity contribution < 1.29 is 9.47 Å². The monoisotopic (exact) mass is 323 g/mol. The Morgan fingerprint density at radius 1 is 1.17 bits per heavy atom. The summed E-state index contributed by atoms with van der Waals surface area (Å²) in [5.41, 5.74) is 5.13. The van der Waals surface area contributed by atoms with Gasteiger partial charge in [-0.25, -0.2) is 0 Å². The Hall–Kier alpha value is -2.00. The summed E-state index contributed by atoms with van der Waals surface area (Å²) in [6, 6.07) is 15.3. The van der Waals surface area contributed by atoms with Crippen molar-refractivity contribution in [2.45, 2.75) is 38.3 Å². The van der Waals surface area contributed by atoms with E-state index < -0.39 is 0 Å². The second-order valence-electron chi connectivity index (χ2n) is 6.74. The molecule has 0 aliphatic carbocycles. The molecule has 0 amide bonds. The fourth-order valence-electron chi connectivity index (χ4n) is 4.17. The first-order valence-electron chi connectivity index (χ1n) is 8.95. The Labute approximate surface area is 144 Å². The van der Waals surface area contributed by atoms with Crippen molar-refractivity contribution in [1.29, 1.82) is 0 Å². The van der Waals surface area contributed by atoms with E-state index in [0.717, 1.165) is 25.2 Å². The smallest absolute Gasteiger partial charge is 0.124 e. The summed E-state index contributed by atoms with van der Waals surface area (Å²) >= 11 is 0. The fraction of sp³-hybridized carbons (Fsp3) is 0.429. The summed E-state index contributed by atoms with van der Waals surface area (Å²) in [6.07, 6.45) is 3.53. The lowest BCUT2D eigenvalue weighted by molar-refractivity contribution is -0.0383. The molecule has 0 bridgehead atoms. The Bertz CT molecular complexity index is 728. The molecule has 1 N–H and O–H groups in total. The van der Waals surface area contributed by atoms with Crippen molar-refractivity contribution in [2.24, 2.45) is 5.92 Å². The highest BCUT2D eigenvalue weighted by Gasteiger charge is 2.40. The van der Waals surface area contributed by atoms with E-state index in [1.807, 2.05) is 12.1 Å². The van der Waals surface area contributed by atoms with Crippen molar-refractivity contribution in [2.75, 3.05) is 19.0 Å². The fourth-order valence-corrected chi connectivity index (χ4v) is 4.17. The van der Waals surface area contributed by atoms with Crippen LogP contribution in [0.4, 0.5) is 5.69 Å². The summed E-state index contributed by atoms with van der Waals surface area (Å²) in [5.74, 6) is 1.39. The lowest BCUT2D eigenvalue weighted by Gasteiger charge is -2.43. The van der Waals surface area contributed by atoms with Crippen LogP contribution in [0.15, 0.2) is 42.5 Å². The van der Waals surface area contributed by atoms with Crippen LogP contribution < -0.4 is 10.1 Å². The molecule has 2 heterocycles. The van der Waals surface area contributed by atoms with Gasteiger partial charge in [0.1, 0.15) is 5.75 Å². The maximum atomic E-state index is 6.25. The normalized spacial score (nSPS) is 25.3. The van der Waals surface area contributed by atoms with Gasteiger partial charge in [0.2, 0.25) is 0 Å². The van der Waals surface area contributed by atoms with E-state index in [9.17, 15) is 0 Å². The predicted octanol–water partition coefficient (Wildman–Crippen LogP) is 4.89. The van der Waals surface area contributed by atoms with Crippen LogP contribution in [0.25, 0.3) is 0 Å². The van der Waals surface area contributed by atoms with Gasteiger partial charge in [-0.05, 0) is 37.0 Å². The molecule has 1 fully saturated rings. The summed E-state index contributed by atoms with van der Waals surface area (Å²) in [7, 11) is 1.75. The molecule has 3 atom stereocenters. The molecule has 1 saturated heterocycles. The van der Waals surface area contributed by atoms with Gasteiger partial charge in [-0.15, -0.1) is 0 Å². The van der Waals surface area contributed by atoms with Gasteiger partial charge in [-0.3, -0.25) is 0 Å². The van der Waals surface area contributed by atoms with Crippen LogP contribution in [0.1, 0.15) is 48.6 Å². The Morgan fingerprint density at radius 2 is 2.04 bits per heavy atom. The standard InChI is InChI=1S/C21H25NO2/c1-3-14-10-11-18-17(13-14)21-16(8-6-12-24-21)20(22-18)15-7-4-5-9-19(15)23-2/h4-5,7,9-11,13,16,20-22H,3,6,8,12H2,1-2H3. The summed E-state index contributed by atoms with van der Waals surface area (Å²) < 4.78 is 11.9. The number of ether oxygens (including phenoxy) is 2. The molecular formula is C21H25NO2. The number of hydrogen-bond acceptors (Lipinski definition) is 3. The second-order valence-corrected chi connectivity index (χ2v) is 6.74. The first kappa shape index (κ1) is 15.5. The van der Waals surface area contributed by atoms with E-state index in [2.05, 4.69) is 42.6 Å². The number of nitrogens with one attached hydrogen (secondary N) is 1. The van der Waals surface area contributed by atoms with Gasteiger partial charge in [0.25, 0.3) is 0 Å². The lowest BCUT2D eigenvalue weighted by Crippen LogP contribution is -2.36. The quantitative estimate of drug-likeness (QED) is 0.872. The third kappa shape index (κ3) is 2.57. The number of rotatable bonds is 3. The Balaban J connectivity index is 1.79. The Morgan fingerprint density at radius 3 is 2.88 bits per heavy atom. The highest BCUT2D eigenvalue weighted by molar-refractivity contribution is 5.59. The van der Waals surface area contributed by atoms with Gasteiger partial charge in [0.15, 0.2) is 0 Å². The molecule has 0 aromatic heterocycles. The second kappa shape index (κ2) is 6.48. The van der Waals surface area contributed by atoms with E-state index >= 15 is 0 Å². The average Bonchev–Trinajstić information content (AvgIpc) is 2.67. The van der Waals surface area contributed by atoms with Crippen molar-refractivity contribution >= 4 is 5.69 Å². The predicted molar refractivity (Wildman–Crippen MR) is 96.6 cm³/mol. The van der Waals surface area contributed by atoms with Gasteiger partial charge in [0, 0.05) is 29.3 Å². The maximum absolute atomic E-state index is 6.25. The van der Waals surface area contributed by atoms with Crippen LogP contribution in [0.3, 0.4) is 0 Å². The molecular weight excluding hydrogens is 298 g/mol. The molecule has 0 spiro atoms. The molecule has 3 unspecified atom stereocenters. The number of hydrogen-bond donors (Lipinski definition) is 1. The minimum absolute atomic E-state index is 0.177. The van der Waals surface area contributed by atoms with Crippen LogP contribution >= 0.6 is 0 Å². The van der Waals surface area contributed by atoms with E-state index in [4.69, 9.17) is 9.47 Å². The molecule has 2 aromatic carbocycles. The average molecular weight is 323 g/mol. The van der Waals surface area contributed by atoms with Crippen molar-refractivity contribution in [3.63, 3.8) is 0 Å². The lowest BCUT2D eigenvalue weighted by atomic mass is 9.77. The van der Waals surface area contributed by atoms with Crippen molar-refractivity contribution in [3.8, 4) is 5.75 Å². The van der Waals surface area contributed by atoms with Gasteiger partial charge < -0.3 is 14.8 Å². The topological polar surface area (TPSA) is 30.5 Å². The number of benzene rings is 2. The minimum Gasteiger partial charge on any atom is -0.496 e. The molecule has 2 aliphatic rings. The number of aryl methyl sites for hydroxylation is 1. The SMILES string of the molecule is CCc1ccc2c(c1)C1OCCCC1C(c1ccccc1OC)N2. The summed E-state index contributed by atoms with van der Waals surface area (Å²) in [6.45, 7) is 3.06. The molecule has 4 rings (SSSR count). The third-order valence-electron chi connectivity index (χ3n) is 5.41. The van der Waals surface area contributed by atoms with Crippen LogP contribution in [-0.2, 0) is 11.2 Å². The van der Waals surface area contributed by atoms with Gasteiger partial charge in [-0.1, -0.05) is 37.3 Å². The molecule has 0 saturated carbocycles. The molecule has 0 radical (unpaired) electrons. The van der Waals surface area contributed by atoms with E-state index in [1.54, 1.807) is 7.11 Å². The van der Waals surface area contributed by atoms with Gasteiger partial charge >= 0.3 is 0 Å². The van der Waals surface area contributed by atoms with Crippen LogP contribution in [0.5, 0.6) is 5.75 Å². The van der Waals surface area contributed by atoms with Gasteiger partial charge in [-0.2, -0.15) is 0 Å². The highest BCUT2D eigenvalue weighted by Crippen LogP contribution is 2.50. The third-order valence-corrected chi connectivity index (χ3v) is 5.41. The number of fused-ring (bicyclic) bond motifs is 3. The zero-order valence-corrected chi connectivity index (χ0v) is 14.4. The van der Waals surface area contributed by atoms with Crippen LogP contribution in [0, 0.1) is 5.92 Å². The maximum Gasteiger partial charge on any atom is 0.124 e. The van der Waals surface area contributed by atoms with Crippen molar-refractivity contribution in [3.05, 3.63) is 59.2 Å². The molecule has 126 valence electrons. The number of para-hydroxylation sites is 1. The Kier molecular flexibility index (Phi) is 4.19. The molecule has 3 heteroatoms. The highest BCUT2D eigenvalue weighted by atomic mass is 16.5. The van der Waals surface area contributed by atoms with Gasteiger partial charge in [0.05, 0.1) is 19.3 Å². The summed E-state index contributed by atoms with van der Waals surface area (Å²) in [5, 5.41) is 3.78.